The van der Waals surface area contributed by atoms with Crippen molar-refractivity contribution < 1.29 is 4.79 Å². The molecule has 2 atom stereocenters. The molecule has 2 aliphatic rings. The van der Waals surface area contributed by atoms with Gasteiger partial charge in [-0.1, -0.05) is 18.0 Å². The fourth-order valence-corrected chi connectivity index (χ4v) is 4.11. The van der Waals surface area contributed by atoms with E-state index in [-0.39, 0.29) is 6.03 Å². The van der Waals surface area contributed by atoms with E-state index in [2.05, 4.69) is 39.5 Å². The molecule has 2 fully saturated rings. The van der Waals surface area contributed by atoms with Gasteiger partial charge in [0.25, 0.3) is 0 Å². The molecular weight excluding hydrogens is 348 g/mol. The smallest absolute Gasteiger partial charge is 0.314 e. The Kier molecular flexibility index (Phi) is 7.03. The lowest BCUT2D eigenvalue weighted by Gasteiger charge is -2.33. The number of nitrogens with zero attached hydrogens (tertiary/aromatic N) is 2. The standard InChI is InChI=1S/C20H31ClN4O/c1-16-4-2-3-11-24(16)13-10-22-20(26)23-14-17-9-12-25(15-17)19-7-5-18(21)6-8-19/h5-8,16-17H,2-4,9-15H2,1H3,(H2,22,23,26)/t16-,17+/m1/s1. The third kappa shape index (κ3) is 5.52. The van der Waals surface area contributed by atoms with Gasteiger partial charge in [0.15, 0.2) is 0 Å². The molecule has 2 aliphatic heterocycles. The molecule has 0 bridgehead atoms. The third-order valence-electron chi connectivity index (χ3n) is 5.65. The van der Waals surface area contributed by atoms with Gasteiger partial charge in [-0.2, -0.15) is 0 Å². The Morgan fingerprint density at radius 1 is 1.15 bits per heavy atom. The van der Waals surface area contributed by atoms with Crippen LogP contribution < -0.4 is 15.5 Å². The van der Waals surface area contributed by atoms with Gasteiger partial charge in [0.2, 0.25) is 0 Å². The monoisotopic (exact) mass is 378 g/mol. The first-order valence-corrected chi connectivity index (χ1v) is 10.3. The van der Waals surface area contributed by atoms with E-state index in [9.17, 15) is 4.79 Å². The van der Waals surface area contributed by atoms with Gasteiger partial charge in [0, 0.05) is 49.5 Å². The van der Waals surface area contributed by atoms with Crippen LogP contribution in [0.1, 0.15) is 32.6 Å². The Morgan fingerprint density at radius 3 is 2.73 bits per heavy atom. The van der Waals surface area contributed by atoms with E-state index in [1.54, 1.807) is 0 Å². The van der Waals surface area contributed by atoms with Gasteiger partial charge in [0.1, 0.15) is 0 Å². The highest BCUT2D eigenvalue weighted by Gasteiger charge is 2.23. The number of anilines is 1. The number of urea groups is 1. The van der Waals surface area contributed by atoms with Crippen molar-refractivity contribution in [1.29, 1.82) is 0 Å². The number of carbonyl (C=O) groups excluding carboxylic acids is 1. The maximum atomic E-state index is 12.0. The van der Waals surface area contributed by atoms with Crippen molar-refractivity contribution in [2.24, 2.45) is 5.92 Å². The van der Waals surface area contributed by atoms with Gasteiger partial charge in [-0.3, -0.25) is 4.90 Å². The maximum absolute atomic E-state index is 12.0. The number of piperidine rings is 1. The van der Waals surface area contributed by atoms with Crippen LogP contribution in [0.5, 0.6) is 0 Å². The zero-order valence-corrected chi connectivity index (χ0v) is 16.5. The van der Waals surface area contributed by atoms with E-state index < -0.39 is 0 Å². The molecule has 144 valence electrons. The molecule has 5 nitrogen and oxygen atoms in total. The number of hydrogen-bond acceptors (Lipinski definition) is 3. The Labute approximate surface area is 162 Å². The van der Waals surface area contributed by atoms with E-state index in [1.165, 1.54) is 24.9 Å². The van der Waals surface area contributed by atoms with E-state index >= 15 is 0 Å². The van der Waals surface area contributed by atoms with Gasteiger partial charge in [-0.25, -0.2) is 4.79 Å². The summed E-state index contributed by atoms with van der Waals surface area (Å²) in [6.45, 7) is 7.85. The summed E-state index contributed by atoms with van der Waals surface area (Å²) in [4.78, 5) is 16.9. The van der Waals surface area contributed by atoms with Crippen LogP contribution in [0.2, 0.25) is 5.02 Å². The molecule has 0 aliphatic carbocycles. The second kappa shape index (κ2) is 9.47. The average molecular weight is 379 g/mol. The summed E-state index contributed by atoms with van der Waals surface area (Å²) < 4.78 is 0. The quantitative estimate of drug-likeness (QED) is 0.798. The second-order valence-corrected chi connectivity index (χ2v) is 8.03. The highest BCUT2D eigenvalue weighted by atomic mass is 35.5. The fraction of sp³-hybridized carbons (Fsp3) is 0.650. The minimum Gasteiger partial charge on any atom is -0.371 e. The summed E-state index contributed by atoms with van der Waals surface area (Å²) in [7, 11) is 0. The first kappa shape index (κ1) is 19.3. The summed E-state index contributed by atoms with van der Waals surface area (Å²) in [5, 5.41) is 6.81. The van der Waals surface area contributed by atoms with Crippen LogP contribution >= 0.6 is 11.6 Å². The van der Waals surface area contributed by atoms with Crippen molar-refractivity contribution in [2.45, 2.75) is 38.6 Å². The van der Waals surface area contributed by atoms with Gasteiger partial charge in [-0.15, -0.1) is 0 Å². The van der Waals surface area contributed by atoms with Crippen LogP contribution in [0.3, 0.4) is 0 Å². The van der Waals surface area contributed by atoms with Gasteiger partial charge in [-0.05, 0) is 62.9 Å². The molecule has 2 N–H and O–H groups in total. The zero-order valence-electron chi connectivity index (χ0n) is 15.7. The summed E-state index contributed by atoms with van der Waals surface area (Å²) in [5.41, 5.74) is 1.21. The molecule has 2 amide bonds. The van der Waals surface area contributed by atoms with Crippen LogP contribution in [-0.2, 0) is 0 Å². The lowest BCUT2D eigenvalue weighted by molar-refractivity contribution is 0.161. The number of halogens is 1. The molecule has 0 aromatic heterocycles. The Balaban J connectivity index is 1.31. The maximum Gasteiger partial charge on any atom is 0.314 e. The van der Waals surface area contributed by atoms with Crippen molar-refractivity contribution in [2.75, 3.05) is 44.2 Å². The third-order valence-corrected chi connectivity index (χ3v) is 5.91. The summed E-state index contributed by atoms with van der Waals surface area (Å²) >= 11 is 5.95. The summed E-state index contributed by atoms with van der Waals surface area (Å²) in [5.74, 6) is 0.499. The fourth-order valence-electron chi connectivity index (χ4n) is 3.99. The van der Waals surface area contributed by atoms with E-state index in [1.807, 2.05) is 12.1 Å². The largest absolute Gasteiger partial charge is 0.371 e. The second-order valence-electron chi connectivity index (χ2n) is 7.59. The van der Waals surface area contributed by atoms with Crippen molar-refractivity contribution >= 4 is 23.3 Å². The van der Waals surface area contributed by atoms with Crippen molar-refractivity contribution in [3.63, 3.8) is 0 Å². The van der Waals surface area contributed by atoms with Crippen molar-refractivity contribution in [3.8, 4) is 0 Å². The molecule has 0 spiro atoms. The minimum absolute atomic E-state index is 0.0420. The van der Waals surface area contributed by atoms with Crippen LogP contribution in [0.15, 0.2) is 24.3 Å². The van der Waals surface area contributed by atoms with Crippen LogP contribution in [0.4, 0.5) is 10.5 Å². The topological polar surface area (TPSA) is 47.6 Å². The number of carbonyl (C=O) groups is 1. The number of likely N-dealkylation sites (tertiary alicyclic amines) is 1. The normalized spacial score (nSPS) is 23.8. The number of nitrogens with one attached hydrogen (secondary N) is 2. The highest BCUT2D eigenvalue weighted by molar-refractivity contribution is 6.30. The predicted molar refractivity (Wildman–Crippen MR) is 108 cm³/mol. The number of hydrogen-bond donors (Lipinski definition) is 2. The number of amides is 2. The van der Waals surface area contributed by atoms with Crippen LogP contribution in [0, 0.1) is 5.92 Å². The molecule has 26 heavy (non-hydrogen) atoms. The molecule has 0 saturated carbocycles. The first-order valence-electron chi connectivity index (χ1n) is 9.88. The molecule has 2 saturated heterocycles. The van der Waals surface area contributed by atoms with Gasteiger partial charge < -0.3 is 15.5 Å². The summed E-state index contributed by atoms with van der Waals surface area (Å²) in [6, 6.07) is 8.59. The number of rotatable bonds is 6. The van der Waals surface area contributed by atoms with Gasteiger partial charge in [0.05, 0.1) is 0 Å². The van der Waals surface area contributed by atoms with Crippen LogP contribution in [-0.4, -0.2) is 56.2 Å². The molecule has 2 heterocycles. The van der Waals surface area contributed by atoms with E-state index in [0.29, 0.717) is 12.0 Å². The van der Waals surface area contributed by atoms with E-state index in [0.717, 1.165) is 50.7 Å². The molecule has 0 radical (unpaired) electrons. The van der Waals surface area contributed by atoms with Crippen LogP contribution in [0.25, 0.3) is 0 Å². The lowest BCUT2D eigenvalue weighted by atomic mass is 10.0. The van der Waals surface area contributed by atoms with Gasteiger partial charge >= 0.3 is 6.03 Å². The average Bonchev–Trinajstić information content (AvgIpc) is 3.11. The lowest BCUT2D eigenvalue weighted by Crippen LogP contribution is -2.45. The van der Waals surface area contributed by atoms with Crippen molar-refractivity contribution in [1.82, 2.24) is 15.5 Å². The molecule has 1 aromatic rings. The number of benzene rings is 1. The Morgan fingerprint density at radius 2 is 1.96 bits per heavy atom. The molecule has 1 aromatic carbocycles. The predicted octanol–water partition coefficient (Wildman–Crippen LogP) is 3.34. The Hall–Kier alpha value is -1.46. The summed E-state index contributed by atoms with van der Waals surface area (Å²) in [6.07, 6.45) is 4.99. The Bertz CT molecular complexity index is 580. The minimum atomic E-state index is -0.0420. The van der Waals surface area contributed by atoms with Crippen molar-refractivity contribution in [3.05, 3.63) is 29.3 Å². The molecule has 6 heteroatoms. The SMILES string of the molecule is C[C@@H]1CCCCN1CCNC(=O)NC[C@@H]1CCN(c2ccc(Cl)cc2)C1. The molecular formula is C20H31ClN4O. The first-order chi connectivity index (χ1) is 12.6. The zero-order chi connectivity index (χ0) is 18.4. The highest BCUT2D eigenvalue weighted by Crippen LogP contribution is 2.24. The molecule has 0 unspecified atom stereocenters. The van der Waals surface area contributed by atoms with E-state index in [4.69, 9.17) is 11.6 Å². The molecule has 3 rings (SSSR count).